The van der Waals surface area contributed by atoms with E-state index in [0.717, 1.165) is 31.5 Å². The Hall–Kier alpha value is -1.78. The number of anilines is 1. The Balaban J connectivity index is 2.18. The normalized spacial score (nSPS) is 10.2. The molecule has 0 aliphatic rings. The zero-order valence-corrected chi connectivity index (χ0v) is 12.8. The molecule has 0 bridgehead atoms. The average Bonchev–Trinajstić information content (AvgIpc) is 2.46. The molecule has 0 unspecified atom stereocenters. The number of esters is 1. The van der Waals surface area contributed by atoms with Crippen LogP contribution in [0.25, 0.3) is 0 Å². The van der Waals surface area contributed by atoms with Gasteiger partial charge >= 0.3 is 5.97 Å². The molecule has 0 atom stereocenters. The number of carbonyl (C=O) groups is 1. The number of ether oxygens (including phenoxy) is 2. The van der Waals surface area contributed by atoms with Gasteiger partial charge in [0.05, 0.1) is 13.2 Å². The first kappa shape index (κ1) is 17.3. The molecule has 0 amide bonds. The summed E-state index contributed by atoms with van der Waals surface area (Å²) in [5, 5.41) is 3.16. The molecule has 21 heavy (non-hydrogen) atoms. The summed E-state index contributed by atoms with van der Waals surface area (Å²) in [4.78, 5) is 11.1. The molecule has 0 spiro atoms. The lowest BCUT2D eigenvalue weighted by molar-refractivity contribution is -0.143. The molecular formula is C16H24FNO3. The van der Waals surface area contributed by atoms with E-state index in [1.165, 1.54) is 6.07 Å². The molecule has 5 heteroatoms. The summed E-state index contributed by atoms with van der Waals surface area (Å²) in [7, 11) is 0. The molecule has 0 aliphatic carbocycles. The molecule has 0 heterocycles. The van der Waals surface area contributed by atoms with Gasteiger partial charge in [-0.1, -0.05) is 6.42 Å². The van der Waals surface area contributed by atoms with Crippen LogP contribution >= 0.6 is 0 Å². The summed E-state index contributed by atoms with van der Waals surface area (Å²) >= 11 is 0. The van der Waals surface area contributed by atoms with Gasteiger partial charge in [-0.3, -0.25) is 4.79 Å². The molecule has 1 rings (SSSR count). The van der Waals surface area contributed by atoms with Crippen molar-refractivity contribution in [1.29, 1.82) is 0 Å². The standard InChI is InChI=1S/C16H24FNO3/c1-3-20-15-10-9-13(12-14(15)17)18-11-7-5-6-8-16(19)21-4-2/h9-10,12,18H,3-8,11H2,1-2H3. The molecule has 118 valence electrons. The van der Waals surface area contributed by atoms with E-state index in [0.29, 0.717) is 19.6 Å². The third-order valence-electron chi connectivity index (χ3n) is 2.92. The van der Waals surface area contributed by atoms with Gasteiger partial charge in [0.1, 0.15) is 0 Å². The van der Waals surface area contributed by atoms with E-state index < -0.39 is 0 Å². The van der Waals surface area contributed by atoms with Gasteiger partial charge in [-0.05, 0) is 38.8 Å². The lowest BCUT2D eigenvalue weighted by Crippen LogP contribution is -2.05. The van der Waals surface area contributed by atoms with Crippen molar-refractivity contribution < 1.29 is 18.7 Å². The molecule has 1 aromatic rings. The molecule has 1 aromatic carbocycles. The van der Waals surface area contributed by atoms with Crippen LogP contribution in [0.2, 0.25) is 0 Å². The minimum Gasteiger partial charge on any atom is -0.491 e. The van der Waals surface area contributed by atoms with Crippen LogP contribution in [0.3, 0.4) is 0 Å². The fourth-order valence-corrected chi connectivity index (χ4v) is 1.92. The van der Waals surface area contributed by atoms with Gasteiger partial charge in [0.2, 0.25) is 0 Å². The van der Waals surface area contributed by atoms with Crippen LogP contribution in [0.15, 0.2) is 18.2 Å². The van der Waals surface area contributed by atoms with Gasteiger partial charge in [-0.15, -0.1) is 0 Å². The van der Waals surface area contributed by atoms with Gasteiger partial charge in [-0.25, -0.2) is 4.39 Å². The number of unbranched alkanes of at least 4 members (excludes halogenated alkanes) is 2. The van der Waals surface area contributed by atoms with Crippen LogP contribution in [-0.2, 0) is 9.53 Å². The first-order valence-electron chi connectivity index (χ1n) is 7.49. The summed E-state index contributed by atoms with van der Waals surface area (Å²) in [5.41, 5.74) is 0.737. The zero-order chi connectivity index (χ0) is 15.5. The summed E-state index contributed by atoms with van der Waals surface area (Å²) in [6.07, 6.45) is 3.14. The van der Waals surface area contributed by atoms with Crippen molar-refractivity contribution in [2.24, 2.45) is 0 Å². The van der Waals surface area contributed by atoms with Crippen molar-refractivity contribution in [1.82, 2.24) is 0 Å². The van der Waals surface area contributed by atoms with Crippen molar-refractivity contribution in [3.05, 3.63) is 24.0 Å². The van der Waals surface area contributed by atoms with Gasteiger partial charge < -0.3 is 14.8 Å². The molecule has 0 fully saturated rings. The molecule has 0 aliphatic heterocycles. The van der Waals surface area contributed by atoms with Crippen molar-refractivity contribution in [3.8, 4) is 5.75 Å². The van der Waals surface area contributed by atoms with Crippen LogP contribution in [-0.4, -0.2) is 25.7 Å². The fourth-order valence-electron chi connectivity index (χ4n) is 1.92. The SMILES string of the molecule is CCOC(=O)CCCCCNc1ccc(OCC)c(F)c1. The van der Waals surface area contributed by atoms with Crippen LogP contribution < -0.4 is 10.1 Å². The largest absolute Gasteiger partial charge is 0.491 e. The predicted molar refractivity (Wildman–Crippen MR) is 81.2 cm³/mol. The maximum absolute atomic E-state index is 13.6. The number of benzene rings is 1. The Kier molecular flexibility index (Phi) is 8.24. The van der Waals surface area contributed by atoms with E-state index in [1.54, 1.807) is 19.1 Å². The van der Waals surface area contributed by atoms with Crippen LogP contribution in [0.5, 0.6) is 5.75 Å². The summed E-state index contributed by atoms with van der Waals surface area (Å²) < 4.78 is 23.6. The van der Waals surface area contributed by atoms with E-state index in [4.69, 9.17) is 9.47 Å². The predicted octanol–water partition coefficient (Wildman–Crippen LogP) is 3.76. The molecule has 4 nitrogen and oxygen atoms in total. The first-order chi connectivity index (χ1) is 10.2. The Morgan fingerprint density at radius 3 is 2.67 bits per heavy atom. The highest BCUT2D eigenvalue weighted by molar-refractivity contribution is 5.69. The maximum atomic E-state index is 13.6. The monoisotopic (exact) mass is 297 g/mol. The Morgan fingerprint density at radius 1 is 1.19 bits per heavy atom. The molecule has 1 N–H and O–H groups in total. The second kappa shape index (κ2) is 10.0. The fraction of sp³-hybridized carbons (Fsp3) is 0.562. The van der Waals surface area contributed by atoms with Crippen molar-refractivity contribution in [3.63, 3.8) is 0 Å². The van der Waals surface area contributed by atoms with E-state index in [2.05, 4.69) is 5.32 Å². The summed E-state index contributed by atoms with van der Waals surface area (Å²) in [6.45, 7) is 5.25. The molecule has 0 saturated carbocycles. The van der Waals surface area contributed by atoms with E-state index >= 15 is 0 Å². The molecular weight excluding hydrogens is 273 g/mol. The van der Waals surface area contributed by atoms with Crippen LogP contribution in [0, 0.1) is 5.82 Å². The first-order valence-corrected chi connectivity index (χ1v) is 7.49. The quantitative estimate of drug-likeness (QED) is 0.527. The number of nitrogens with one attached hydrogen (secondary N) is 1. The topological polar surface area (TPSA) is 47.6 Å². The highest BCUT2D eigenvalue weighted by Crippen LogP contribution is 2.21. The van der Waals surface area contributed by atoms with Crippen molar-refractivity contribution in [2.45, 2.75) is 39.5 Å². The minimum absolute atomic E-state index is 0.140. The van der Waals surface area contributed by atoms with Gasteiger partial charge in [0.25, 0.3) is 0 Å². The lowest BCUT2D eigenvalue weighted by atomic mass is 10.2. The van der Waals surface area contributed by atoms with E-state index in [1.807, 2.05) is 6.92 Å². The van der Waals surface area contributed by atoms with Gasteiger partial charge in [0, 0.05) is 24.7 Å². The van der Waals surface area contributed by atoms with Crippen molar-refractivity contribution in [2.75, 3.05) is 25.1 Å². The van der Waals surface area contributed by atoms with E-state index in [9.17, 15) is 9.18 Å². The lowest BCUT2D eigenvalue weighted by Gasteiger charge is -2.09. The smallest absolute Gasteiger partial charge is 0.305 e. The number of halogens is 1. The van der Waals surface area contributed by atoms with Crippen LogP contribution in [0.1, 0.15) is 39.5 Å². The second-order valence-corrected chi connectivity index (χ2v) is 4.62. The highest BCUT2D eigenvalue weighted by atomic mass is 19.1. The van der Waals surface area contributed by atoms with Crippen LogP contribution in [0.4, 0.5) is 10.1 Å². The van der Waals surface area contributed by atoms with E-state index in [-0.39, 0.29) is 17.5 Å². The second-order valence-electron chi connectivity index (χ2n) is 4.62. The Labute approximate surface area is 125 Å². The summed E-state index contributed by atoms with van der Waals surface area (Å²) in [5.74, 6) is -0.222. The Morgan fingerprint density at radius 2 is 2.00 bits per heavy atom. The number of rotatable bonds is 10. The number of carbonyl (C=O) groups excluding carboxylic acids is 1. The van der Waals surface area contributed by atoms with Crippen molar-refractivity contribution >= 4 is 11.7 Å². The van der Waals surface area contributed by atoms with Gasteiger partial charge in [0.15, 0.2) is 11.6 Å². The molecule has 0 aromatic heterocycles. The third kappa shape index (κ3) is 6.97. The summed E-state index contributed by atoms with van der Waals surface area (Å²) in [6, 6.07) is 4.86. The third-order valence-corrected chi connectivity index (χ3v) is 2.92. The number of hydrogen-bond acceptors (Lipinski definition) is 4. The average molecular weight is 297 g/mol. The van der Waals surface area contributed by atoms with Gasteiger partial charge in [-0.2, -0.15) is 0 Å². The number of hydrogen-bond donors (Lipinski definition) is 1. The highest BCUT2D eigenvalue weighted by Gasteiger charge is 2.04. The maximum Gasteiger partial charge on any atom is 0.305 e. The Bertz CT molecular complexity index is 438. The molecule has 0 radical (unpaired) electrons. The molecule has 0 saturated heterocycles. The zero-order valence-electron chi connectivity index (χ0n) is 12.8. The minimum atomic E-state index is -0.357.